The van der Waals surface area contributed by atoms with Gasteiger partial charge in [-0.2, -0.15) is 26.3 Å². The molecule has 4 nitrogen and oxygen atoms in total. The summed E-state index contributed by atoms with van der Waals surface area (Å²) in [5.41, 5.74) is -1.16. The molecule has 2 aromatic carbocycles. The number of carbonyl (C=O) groups is 1. The first-order valence-electron chi connectivity index (χ1n) is 15.9. The van der Waals surface area contributed by atoms with Crippen LogP contribution >= 0.6 is 0 Å². The third-order valence-corrected chi connectivity index (χ3v) is 9.97. The van der Waals surface area contributed by atoms with Crippen molar-refractivity contribution in [3.63, 3.8) is 0 Å². The smallest absolute Gasteiger partial charge is 0.342 e. The van der Waals surface area contributed by atoms with Crippen LogP contribution < -0.4 is 0 Å². The number of aryl methyl sites for hydroxylation is 1. The van der Waals surface area contributed by atoms with E-state index in [2.05, 4.69) is 34.1 Å². The molecular weight excluding hydrogens is 580 g/mol. The molecule has 1 amide bonds. The molecule has 44 heavy (non-hydrogen) atoms. The lowest BCUT2D eigenvalue weighted by atomic mass is 9.71. The molecule has 10 heteroatoms. The SMILES string of the molecule is Cc1ccc([C@@]2(CCN3CCC(N4CCCCC4)CC3)CCCN(C(=O)Cc3cc(C(F)(F)F)cc(C(F)(F)F)c3)C2)cc1. The van der Waals surface area contributed by atoms with Crippen LogP contribution in [-0.2, 0) is 29.0 Å². The van der Waals surface area contributed by atoms with Crippen molar-refractivity contribution < 1.29 is 31.1 Å². The first-order chi connectivity index (χ1) is 20.8. The fraction of sp³-hybridized carbons (Fsp3) is 0.618. The molecule has 0 bridgehead atoms. The van der Waals surface area contributed by atoms with Gasteiger partial charge in [0.1, 0.15) is 0 Å². The van der Waals surface area contributed by atoms with Gasteiger partial charge in [0.05, 0.1) is 17.5 Å². The summed E-state index contributed by atoms with van der Waals surface area (Å²) < 4.78 is 80.6. The average molecular weight is 624 g/mol. The molecule has 0 spiro atoms. The third kappa shape index (κ3) is 7.97. The van der Waals surface area contributed by atoms with Gasteiger partial charge in [0, 0.05) is 24.5 Å². The number of alkyl halides is 6. The molecule has 3 fully saturated rings. The normalized spacial score (nSPS) is 23.2. The van der Waals surface area contributed by atoms with Crippen LogP contribution in [-0.4, -0.2) is 72.5 Å². The molecule has 3 aliphatic heterocycles. The van der Waals surface area contributed by atoms with E-state index in [0.717, 1.165) is 56.4 Å². The highest BCUT2D eigenvalue weighted by atomic mass is 19.4. The van der Waals surface area contributed by atoms with Crippen LogP contribution in [0.25, 0.3) is 0 Å². The molecule has 242 valence electrons. The van der Waals surface area contributed by atoms with Gasteiger partial charge in [-0.1, -0.05) is 36.2 Å². The molecule has 3 heterocycles. The number of amides is 1. The maximum Gasteiger partial charge on any atom is 0.416 e. The van der Waals surface area contributed by atoms with E-state index in [1.807, 2.05) is 6.92 Å². The minimum atomic E-state index is -4.95. The number of likely N-dealkylation sites (tertiary alicyclic amines) is 3. The topological polar surface area (TPSA) is 26.8 Å². The summed E-state index contributed by atoms with van der Waals surface area (Å²) in [6.07, 6.45) is -1.81. The van der Waals surface area contributed by atoms with Crippen molar-refractivity contribution in [2.24, 2.45) is 0 Å². The zero-order valence-electron chi connectivity index (χ0n) is 25.5. The molecule has 3 aliphatic rings. The Hall–Kier alpha value is -2.59. The van der Waals surface area contributed by atoms with E-state index >= 15 is 0 Å². The first-order valence-corrected chi connectivity index (χ1v) is 15.9. The average Bonchev–Trinajstić information content (AvgIpc) is 3.00. The van der Waals surface area contributed by atoms with Gasteiger partial charge in [0.25, 0.3) is 0 Å². The quantitative estimate of drug-likeness (QED) is 0.300. The Morgan fingerprint density at radius 3 is 2.02 bits per heavy atom. The number of hydrogen-bond donors (Lipinski definition) is 0. The maximum atomic E-state index is 13.5. The molecule has 0 unspecified atom stereocenters. The number of benzene rings is 2. The van der Waals surface area contributed by atoms with Crippen LogP contribution in [0.15, 0.2) is 42.5 Å². The Morgan fingerprint density at radius 1 is 0.818 bits per heavy atom. The maximum absolute atomic E-state index is 13.5. The van der Waals surface area contributed by atoms with Gasteiger partial charge in [-0.05, 0) is 114 Å². The van der Waals surface area contributed by atoms with E-state index in [9.17, 15) is 31.1 Å². The summed E-state index contributed by atoms with van der Waals surface area (Å²) in [6, 6.07) is 10.4. The lowest BCUT2D eigenvalue weighted by Crippen LogP contribution is -2.51. The van der Waals surface area contributed by atoms with Crippen molar-refractivity contribution in [2.45, 2.75) is 88.5 Å². The molecular formula is C34H43F6N3O. The van der Waals surface area contributed by atoms with Gasteiger partial charge in [-0.25, -0.2) is 0 Å². The number of nitrogens with zero attached hydrogens (tertiary/aromatic N) is 3. The fourth-order valence-electron chi connectivity index (χ4n) is 7.41. The summed E-state index contributed by atoms with van der Waals surface area (Å²) in [5.74, 6) is -0.448. The van der Waals surface area contributed by atoms with E-state index in [0.29, 0.717) is 37.7 Å². The highest BCUT2D eigenvalue weighted by molar-refractivity contribution is 5.79. The second-order valence-electron chi connectivity index (χ2n) is 13.1. The lowest BCUT2D eigenvalue weighted by molar-refractivity contribution is -0.143. The van der Waals surface area contributed by atoms with Crippen LogP contribution in [0.2, 0.25) is 0 Å². The summed E-state index contributed by atoms with van der Waals surface area (Å²) in [7, 11) is 0. The Balaban J connectivity index is 1.30. The van der Waals surface area contributed by atoms with Crippen molar-refractivity contribution in [1.82, 2.24) is 14.7 Å². The van der Waals surface area contributed by atoms with E-state index in [1.54, 1.807) is 4.90 Å². The van der Waals surface area contributed by atoms with E-state index in [4.69, 9.17) is 0 Å². The minimum absolute atomic E-state index is 0.104. The highest BCUT2D eigenvalue weighted by Gasteiger charge is 2.40. The number of hydrogen-bond acceptors (Lipinski definition) is 3. The summed E-state index contributed by atoms with van der Waals surface area (Å²) in [6.45, 7) is 8.18. The van der Waals surface area contributed by atoms with E-state index < -0.39 is 35.8 Å². The molecule has 2 aromatic rings. The molecule has 5 rings (SSSR count). The monoisotopic (exact) mass is 623 g/mol. The summed E-state index contributed by atoms with van der Waals surface area (Å²) in [5, 5.41) is 0. The number of halogens is 6. The first kappa shape index (κ1) is 32.8. The van der Waals surface area contributed by atoms with Crippen LogP contribution in [0.3, 0.4) is 0 Å². The van der Waals surface area contributed by atoms with Gasteiger partial charge < -0.3 is 14.7 Å². The van der Waals surface area contributed by atoms with Crippen molar-refractivity contribution in [3.05, 3.63) is 70.3 Å². The number of carbonyl (C=O) groups excluding carboxylic acids is 1. The van der Waals surface area contributed by atoms with Gasteiger partial charge in [-0.15, -0.1) is 0 Å². The molecule has 0 aromatic heterocycles. The third-order valence-electron chi connectivity index (χ3n) is 9.97. The summed E-state index contributed by atoms with van der Waals surface area (Å²) >= 11 is 0. The standard InChI is InChI=1S/C34H43F6N3O/c1-25-6-8-27(9-7-25)32(13-19-41-17-10-30(11-18-41)42-14-3-2-4-15-42)12-5-16-43(24-32)31(44)22-26-20-28(33(35,36)37)23-29(21-26)34(38,39)40/h6-9,20-21,23,30H,2-5,10-19,22,24H2,1H3/t32-/m1/s1. The van der Waals surface area contributed by atoms with E-state index in [1.165, 1.54) is 32.4 Å². The van der Waals surface area contributed by atoms with Gasteiger partial charge in [0.2, 0.25) is 5.91 Å². The van der Waals surface area contributed by atoms with Gasteiger partial charge >= 0.3 is 12.4 Å². The van der Waals surface area contributed by atoms with Crippen LogP contribution in [0, 0.1) is 6.92 Å². The van der Waals surface area contributed by atoms with E-state index in [-0.39, 0.29) is 17.0 Å². The molecule has 3 saturated heterocycles. The Bertz CT molecular complexity index is 1230. The fourth-order valence-corrected chi connectivity index (χ4v) is 7.41. The Morgan fingerprint density at radius 2 is 1.43 bits per heavy atom. The molecule has 1 atom stereocenters. The van der Waals surface area contributed by atoms with Crippen LogP contribution in [0.1, 0.15) is 79.2 Å². The Kier molecular flexibility index (Phi) is 10.00. The predicted octanol–water partition coefficient (Wildman–Crippen LogP) is 7.48. The summed E-state index contributed by atoms with van der Waals surface area (Å²) in [4.78, 5) is 20.3. The zero-order chi connectivity index (χ0) is 31.5. The van der Waals surface area contributed by atoms with Gasteiger partial charge in [-0.3, -0.25) is 4.79 Å². The molecule has 0 aliphatic carbocycles. The number of piperidine rings is 3. The van der Waals surface area contributed by atoms with Gasteiger partial charge in [0.15, 0.2) is 0 Å². The second-order valence-corrected chi connectivity index (χ2v) is 13.1. The second kappa shape index (κ2) is 13.4. The Labute approximate surface area is 256 Å². The molecule has 0 saturated carbocycles. The highest BCUT2D eigenvalue weighted by Crippen LogP contribution is 2.39. The van der Waals surface area contributed by atoms with Crippen molar-refractivity contribution in [2.75, 3.05) is 45.8 Å². The molecule has 0 radical (unpaired) electrons. The van der Waals surface area contributed by atoms with Crippen molar-refractivity contribution >= 4 is 5.91 Å². The van der Waals surface area contributed by atoms with Crippen molar-refractivity contribution in [3.8, 4) is 0 Å². The molecule has 0 N–H and O–H groups in total. The predicted molar refractivity (Wildman–Crippen MR) is 158 cm³/mol. The lowest BCUT2D eigenvalue weighted by Gasteiger charge is -2.45. The number of rotatable bonds is 7. The van der Waals surface area contributed by atoms with Crippen molar-refractivity contribution in [1.29, 1.82) is 0 Å². The van der Waals surface area contributed by atoms with Crippen LogP contribution in [0.4, 0.5) is 26.3 Å². The zero-order valence-corrected chi connectivity index (χ0v) is 25.5. The largest absolute Gasteiger partial charge is 0.416 e. The minimum Gasteiger partial charge on any atom is -0.342 e. The van der Waals surface area contributed by atoms with Crippen LogP contribution in [0.5, 0.6) is 0 Å².